The molecule has 96 valence electrons. The van der Waals surface area contributed by atoms with E-state index < -0.39 is 6.07 Å². The van der Waals surface area contributed by atoms with Crippen LogP contribution >= 0.6 is 28.6 Å². The summed E-state index contributed by atoms with van der Waals surface area (Å²) in [7, 11) is 0. The third-order valence-electron chi connectivity index (χ3n) is 2.42. The smallest absolute Gasteiger partial charge is 0.422 e. The van der Waals surface area contributed by atoms with E-state index in [1.165, 1.54) is 0 Å². The summed E-state index contributed by atoms with van der Waals surface area (Å²) in [5.74, 6) is 0.524. The van der Waals surface area contributed by atoms with Crippen LogP contribution in [0.3, 0.4) is 0 Å². The quantitative estimate of drug-likeness (QED) is 0.667. The Labute approximate surface area is 112 Å². The molecule has 0 spiro atoms. The van der Waals surface area contributed by atoms with Crippen LogP contribution in [0.2, 0.25) is 0 Å². The van der Waals surface area contributed by atoms with E-state index in [0.29, 0.717) is 5.75 Å². The van der Waals surface area contributed by atoms with Gasteiger partial charge in [-0.2, -0.15) is 0 Å². The monoisotopic (exact) mass is 294 g/mol. The molecule has 1 aromatic carbocycles. The van der Waals surface area contributed by atoms with Gasteiger partial charge in [-0.1, -0.05) is 38.5 Å². The topological polar surface area (TPSA) is 26.3 Å². The summed E-state index contributed by atoms with van der Waals surface area (Å²) in [6, 6.07) is 3.96. The van der Waals surface area contributed by atoms with Crippen LogP contribution in [-0.4, -0.2) is 0 Å². The average Bonchev–Trinajstić information content (AvgIpc) is 2.05. The van der Waals surface area contributed by atoms with Crippen LogP contribution in [0.25, 0.3) is 0 Å². The Hall–Kier alpha value is -0.170. The normalized spacial score (nSPS) is 12.6. The molecule has 0 fully saturated rings. The maximum atomic E-state index is 11.4. The summed E-state index contributed by atoms with van der Waals surface area (Å²) >= 11 is 11.0. The minimum absolute atomic E-state index is 0.130. The number of aryl methyl sites for hydroxylation is 2. The van der Waals surface area contributed by atoms with Crippen molar-refractivity contribution in [1.29, 1.82) is 0 Å². The minimum atomic E-state index is -3.58. The molecule has 0 aromatic heterocycles. The Bertz CT molecular complexity index is 472. The van der Waals surface area contributed by atoms with E-state index in [0.717, 1.165) is 16.7 Å². The molecule has 5 heteroatoms. The van der Waals surface area contributed by atoms with Gasteiger partial charge in [-0.3, -0.25) is 0 Å². The zero-order valence-electron chi connectivity index (χ0n) is 10.7. The fourth-order valence-electron chi connectivity index (χ4n) is 1.74. The van der Waals surface area contributed by atoms with E-state index in [1.807, 2.05) is 26.0 Å². The molecule has 0 aliphatic rings. The van der Waals surface area contributed by atoms with Crippen LogP contribution in [-0.2, 0) is 9.98 Å². The van der Waals surface area contributed by atoms with Crippen molar-refractivity contribution in [3.63, 3.8) is 0 Å². The first kappa shape index (κ1) is 14.9. The van der Waals surface area contributed by atoms with E-state index in [2.05, 4.69) is 20.8 Å². The molecule has 0 radical (unpaired) electrons. The number of rotatable bonds is 2. The predicted molar refractivity (Wildman–Crippen MR) is 74.6 cm³/mol. The van der Waals surface area contributed by atoms with E-state index in [-0.39, 0.29) is 5.41 Å². The summed E-state index contributed by atoms with van der Waals surface area (Å²) in [5.41, 5.74) is 2.83. The molecule has 0 saturated heterocycles. The summed E-state index contributed by atoms with van der Waals surface area (Å²) < 4.78 is 16.6. The molecular formula is C12H17Cl2O2P. The van der Waals surface area contributed by atoms with Gasteiger partial charge in [0.2, 0.25) is 0 Å². The lowest BCUT2D eigenvalue weighted by Gasteiger charge is -2.25. The molecule has 1 rings (SSSR count). The first-order valence-electron chi connectivity index (χ1n) is 5.31. The van der Waals surface area contributed by atoms with Gasteiger partial charge in [0.05, 0.1) is 0 Å². The predicted octanol–water partition coefficient (Wildman–Crippen LogP) is 5.57. The van der Waals surface area contributed by atoms with Crippen LogP contribution in [0, 0.1) is 13.8 Å². The maximum Gasteiger partial charge on any atom is 0.428 e. The van der Waals surface area contributed by atoms with Gasteiger partial charge >= 0.3 is 6.07 Å². The molecule has 0 aliphatic carbocycles. The van der Waals surface area contributed by atoms with Gasteiger partial charge in [0.1, 0.15) is 5.75 Å². The number of hydrogen-bond donors (Lipinski definition) is 0. The summed E-state index contributed by atoms with van der Waals surface area (Å²) in [6.07, 6.45) is -3.58. The average molecular weight is 295 g/mol. The molecule has 17 heavy (non-hydrogen) atoms. The summed E-state index contributed by atoms with van der Waals surface area (Å²) in [4.78, 5) is 0. The highest BCUT2D eigenvalue weighted by Crippen LogP contribution is 2.58. The second-order valence-corrected chi connectivity index (χ2v) is 9.42. The fourth-order valence-corrected chi connectivity index (χ4v) is 2.61. The number of hydrogen-bond acceptors (Lipinski definition) is 2. The van der Waals surface area contributed by atoms with Crippen LogP contribution in [0.15, 0.2) is 12.1 Å². The van der Waals surface area contributed by atoms with Crippen molar-refractivity contribution in [2.45, 2.75) is 40.0 Å². The van der Waals surface area contributed by atoms with Crippen LogP contribution in [0.1, 0.15) is 37.5 Å². The molecule has 0 bridgehead atoms. The Kier molecular flexibility index (Phi) is 4.24. The third kappa shape index (κ3) is 4.21. The Balaban J connectivity index is 3.41. The molecule has 1 aromatic rings. The Morgan fingerprint density at radius 2 is 1.71 bits per heavy atom. The standard InChI is InChI=1S/C12H17Cl2O2P/c1-8-6-9(2)11(16-17(13,14)15)10(7-8)12(3,4)5/h6-7H,1-5H3. The highest BCUT2D eigenvalue weighted by molar-refractivity contribution is 8.05. The first-order chi connectivity index (χ1) is 7.50. The van der Waals surface area contributed by atoms with Gasteiger partial charge in [0.25, 0.3) is 0 Å². The largest absolute Gasteiger partial charge is 0.428 e. The van der Waals surface area contributed by atoms with Gasteiger partial charge in [-0.25, -0.2) is 4.57 Å². The van der Waals surface area contributed by atoms with Crippen molar-refractivity contribution in [2.75, 3.05) is 0 Å². The van der Waals surface area contributed by atoms with E-state index >= 15 is 0 Å². The summed E-state index contributed by atoms with van der Waals surface area (Å²) in [5, 5.41) is 0. The Morgan fingerprint density at radius 3 is 2.12 bits per heavy atom. The lowest BCUT2D eigenvalue weighted by Crippen LogP contribution is -2.13. The Morgan fingerprint density at radius 1 is 1.18 bits per heavy atom. The van der Waals surface area contributed by atoms with E-state index in [9.17, 15) is 4.57 Å². The molecule has 0 heterocycles. The van der Waals surface area contributed by atoms with Gasteiger partial charge in [0.15, 0.2) is 0 Å². The zero-order valence-corrected chi connectivity index (χ0v) is 13.1. The van der Waals surface area contributed by atoms with Crippen molar-refractivity contribution >= 4 is 28.6 Å². The number of halogens is 2. The highest BCUT2D eigenvalue weighted by atomic mass is 35.9. The molecule has 2 nitrogen and oxygen atoms in total. The highest BCUT2D eigenvalue weighted by Gasteiger charge is 2.26. The van der Waals surface area contributed by atoms with Crippen molar-refractivity contribution in [2.24, 2.45) is 0 Å². The van der Waals surface area contributed by atoms with Gasteiger partial charge in [-0.15, -0.1) is 0 Å². The molecule has 0 unspecified atom stereocenters. The molecule has 0 atom stereocenters. The fraction of sp³-hybridized carbons (Fsp3) is 0.500. The molecule has 0 N–H and O–H groups in total. The van der Waals surface area contributed by atoms with Crippen molar-refractivity contribution in [1.82, 2.24) is 0 Å². The zero-order chi connectivity index (χ0) is 13.4. The van der Waals surface area contributed by atoms with Gasteiger partial charge in [0, 0.05) is 28.0 Å². The second kappa shape index (κ2) is 4.84. The van der Waals surface area contributed by atoms with Gasteiger partial charge in [-0.05, 0) is 24.8 Å². The van der Waals surface area contributed by atoms with Crippen LogP contribution in [0.4, 0.5) is 0 Å². The number of benzene rings is 1. The molecule has 0 aliphatic heterocycles. The van der Waals surface area contributed by atoms with Crippen molar-refractivity contribution in [3.05, 3.63) is 28.8 Å². The third-order valence-corrected chi connectivity index (χ3v) is 3.23. The molecule has 0 saturated carbocycles. The second-order valence-electron chi connectivity index (χ2n) is 5.21. The summed E-state index contributed by atoms with van der Waals surface area (Å²) in [6.45, 7) is 10.1. The SMILES string of the molecule is Cc1cc(C)c(OP(=O)(Cl)Cl)c(C(C)(C)C)c1. The van der Waals surface area contributed by atoms with Crippen molar-refractivity contribution in [3.8, 4) is 5.75 Å². The molecule has 0 amide bonds. The van der Waals surface area contributed by atoms with Crippen LogP contribution < -0.4 is 4.52 Å². The van der Waals surface area contributed by atoms with Crippen molar-refractivity contribution < 1.29 is 9.09 Å². The maximum absolute atomic E-state index is 11.4. The molecular weight excluding hydrogens is 278 g/mol. The lowest BCUT2D eigenvalue weighted by atomic mass is 9.84. The van der Waals surface area contributed by atoms with Gasteiger partial charge < -0.3 is 4.52 Å². The van der Waals surface area contributed by atoms with E-state index in [1.54, 1.807) is 0 Å². The lowest BCUT2D eigenvalue weighted by molar-refractivity contribution is 0.490. The van der Waals surface area contributed by atoms with Crippen LogP contribution in [0.5, 0.6) is 5.75 Å². The first-order valence-corrected chi connectivity index (χ1v) is 8.75. The van der Waals surface area contributed by atoms with E-state index in [4.69, 9.17) is 27.0 Å². The minimum Gasteiger partial charge on any atom is -0.422 e.